The van der Waals surface area contributed by atoms with E-state index in [4.69, 9.17) is 9.47 Å². The highest BCUT2D eigenvalue weighted by Gasteiger charge is 2.17. The Hall–Kier alpha value is -0.610. The van der Waals surface area contributed by atoms with Crippen LogP contribution in [0.3, 0.4) is 0 Å². The maximum atomic E-state index is 11.8. The molecule has 1 N–H and O–H groups in total. The van der Waals surface area contributed by atoms with Crippen LogP contribution in [0.25, 0.3) is 0 Å². The standard InChI is InChI=1S/C17H35NO3/c1-5-6-7-8-9-10-11-12-13-14-16(19)18-15(2)17(20-3)21-4/h15,17H,5-14H2,1-4H3,(H,18,19). The highest BCUT2D eigenvalue weighted by molar-refractivity contribution is 5.76. The van der Waals surface area contributed by atoms with E-state index in [1.54, 1.807) is 14.2 Å². The Morgan fingerprint density at radius 2 is 1.38 bits per heavy atom. The number of ether oxygens (including phenoxy) is 2. The summed E-state index contributed by atoms with van der Waals surface area (Å²) in [4.78, 5) is 11.8. The van der Waals surface area contributed by atoms with Crippen LogP contribution in [0.15, 0.2) is 0 Å². The van der Waals surface area contributed by atoms with Crippen LogP contribution in [0.5, 0.6) is 0 Å². The van der Waals surface area contributed by atoms with Gasteiger partial charge in [-0.15, -0.1) is 0 Å². The van der Waals surface area contributed by atoms with Gasteiger partial charge in [-0.3, -0.25) is 4.79 Å². The molecule has 0 fully saturated rings. The zero-order chi connectivity index (χ0) is 15.9. The minimum absolute atomic E-state index is 0.0875. The number of hydrogen-bond donors (Lipinski definition) is 1. The number of amides is 1. The summed E-state index contributed by atoms with van der Waals surface area (Å²) in [5, 5.41) is 2.92. The van der Waals surface area contributed by atoms with Crippen molar-refractivity contribution in [2.24, 2.45) is 0 Å². The zero-order valence-electron chi connectivity index (χ0n) is 14.5. The van der Waals surface area contributed by atoms with E-state index in [9.17, 15) is 4.79 Å². The van der Waals surface area contributed by atoms with Gasteiger partial charge in [0.2, 0.25) is 5.91 Å². The van der Waals surface area contributed by atoms with Crippen molar-refractivity contribution >= 4 is 5.91 Å². The molecule has 0 aliphatic heterocycles. The lowest BCUT2D eigenvalue weighted by Crippen LogP contribution is -2.42. The fraction of sp³-hybridized carbons (Fsp3) is 0.941. The summed E-state index contributed by atoms with van der Waals surface area (Å²) in [5.74, 6) is 0.0875. The second-order valence-electron chi connectivity index (χ2n) is 5.77. The predicted octanol–water partition coefficient (Wildman–Crippen LogP) is 4.03. The van der Waals surface area contributed by atoms with Crippen LogP contribution in [0.4, 0.5) is 0 Å². The van der Waals surface area contributed by atoms with Crippen LogP contribution in [0.2, 0.25) is 0 Å². The summed E-state index contributed by atoms with van der Waals surface area (Å²) in [5.41, 5.74) is 0. The van der Waals surface area contributed by atoms with Gasteiger partial charge in [0.05, 0.1) is 6.04 Å². The van der Waals surface area contributed by atoms with Crippen LogP contribution in [0.1, 0.15) is 78.1 Å². The Labute approximate surface area is 131 Å². The first-order valence-electron chi connectivity index (χ1n) is 8.50. The molecule has 0 aliphatic carbocycles. The van der Waals surface area contributed by atoms with Crippen LogP contribution < -0.4 is 5.32 Å². The molecular weight excluding hydrogens is 266 g/mol. The molecule has 0 bridgehead atoms. The molecule has 4 nitrogen and oxygen atoms in total. The molecule has 21 heavy (non-hydrogen) atoms. The average molecular weight is 301 g/mol. The van der Waals surface area contributed by atoms with Crippen LogP contribution >= 0.6 is 0 Å². The lowest BCUT2D eigenvalue weighted by atomic mass is 10.1. The number of methoxy groups -OCH3 is 2. The van der Waals surface area contributed by atoms with Gasteiger partial charge in [-0.2, -0.15) is 0 Å². The van der Waals surface area contributed by atoms with Gasteiger partial charge in [-0.25, -0.2) is 0 Å². The SMILES string of the molecule is CCCCCCCCCCCC(=O)NC(C)C(OC)OC. The van der Waals surface area contributed by atoms with Gasteiger partial charge in [-0.1, -0.05) is 58.3 Å². The maximum absolute atomic E-state index is 11.8. The van der Waals surface area contributed by atoms with Gasteiger partial charge >= 0.3 is 0 Å². The molecule has 0 saturated heterocycles. The largest absolute Gasteiger partial charge is 0.354 e. The van der Waals surface area contributed by atoms with Crippen molar-refractivity contribution < 1.29 is 14.3 Å². The third-order valence-electron chi connectivity index (χ3n) is 3.77. The Balaban J connectivity index is 3.45. The fourth-order valence-electron chi connectivity index (χ4n) is 2.49. The van der Waals surface area contributed by atoms with Gasteiger partial charge in [0.1, 0.15) is 0 Å². The normalized spacial score (nSPS) is 12.6. The number of nitrogens with one attached hydrogen (secondary N) is 1. The van der Waals surface area contributed by atoms with Gasteiger partial charge in [0, 0.05) is 20.6 Å². The van der Waals surface area contributed by atoms with Crippen LogP contribution in [0, 0.1) is 0 Å². The molecule has 4 heteroatoms. The molecule has 1 atom stereocenters. The first kappa shape index (κ1) is 20.4. The van der Waals surface area contributed by atoms with Crippen molar-refractivity contribution in [2.45, 2.75) is 90.4 Å². The molecule has 0 aliphatic rings. The summed E-state index contributed by atoms with van der Waals surface area (Å²) >= 11 is 0. The van der Waals surface area contributed by atoms with Gasteiger partial charge in [0.25, 0.3) is 0 Å². The minimum atomic E-state index is -0.378. The molecule has 0 aromatic heterocycles. The molecule has 1 amide bonds. The third-order valence-corrected chi connectivity index (χ3v) is 3.77. The third kappa shape index (κ3) is 11.7. The first-order chi connectivity index (χ1) is 10.2. The summed E-state index contributed by atoms with van der Waals surface area (Å²) in [6.45, 7) is 4.14. The number of hydrogen-bond acceptors (Lipinski definition) is 3. The monoisotopic (exact) mass is 301 g/mol. The smallest absolute Gasteiger partial charge is 0.220 e. The maximum Gasteiger partial charge on any atom is 0.220 e. The van der Waals surface area contributed by atoms with Gasteiger partial charge in [0.15, 0.2) is 6.29 Å². The Morgan fingerprint density at radius 1 is 0.905 bits per heavy atom. The molecule has 0 aromatic carbocycles. The Kier molecular flexibility index (Phi) is 13.9. The summed E-state index contributed by atoms with van der Waals surface area (Å²) in [6.07, 6.45) is 11.6. The molecule has 0 saturated carbocycles. The second-order valence-corrected chi connectivity index (χ2v) is 5.77. The van der Waals surface area contributed by atoms with E-state index in [0.717, 1.165) is 12.8 Å². The van der Waals surface area contributed by atoms with Crippen LogP contribution in [-0.4, -0.2) is 32.5 Å². The van der Waals surface area contributed by atoms with Crippen molar-refractivity contribution in [3.05, 3.63) is 0 Å². The second kappa shape index (κ2) is 14.3. The molecule has 0 spiro atoms. The molecule has 0 heterocycles. The first-order valence-corrected chi connectivity index (χ1v) is 8.50. The quantitative estimate of drug-likeness (QED) is 0.389. The molecule has 1 unspecified atom stereocenters. The van der Waals surface area contributed by atoms with Gasteiger partial charge < -0.3 is 14.8 Å². The molecule has 0 rings (SSSR count). The van der Waals surface area contributed by atoms with Gasteiger partial charge in [-0.05, 0) is 13.3 Å². The van der Waals surface area contributed by atoms with E-state index < -0.39 is 0 Å². The van der Waals surface area contributed by atoms with E-state index in [2.05, 4.69) is 12.2 Å². The lowest BCUT2D eigenvalue weighted by molar-refractivity contribution is -0.135. The van der Waals surface area contributed by atoms with Crippen molar-refractivity contribution in [3.8, 4) is 0 Å². The van der Waals surface area contributed by atoms with E-state index in [1.807, 2.05) is 6.92 Å². The van der Waals surface area contributed by atoms with Crippen molar-refractivity contribution in [1.82, 2.24) is 5.32 Å². The Morgan fingerprint density at radius 3 is 1.86 bits per heavy atom. The molecule has 0 radical (unpaired) electrons. The molecule has 126 valence electrons. The topological polar surface area (TPSA) is 47.6 Å². The van der Waals surface area contributed by atoms with Crippen molar-refractivity contribution in [1.29, 1.82) is 0 Å². The van der Waals surface area contributed by atoms with Crippen LogP contribution in [-0.2, 0) is 14.3 Å². The lowest BCUT2D eigenvalue weighted by Gasteiger charge is -2.22. The van der Waals surface area contributed by atoms with E-state index in [0.29, 0.717) is 6.42 Å². The minimum Gasteiger partial charge on any atom is -0.354 e. The molecule has 0 aromatic rings. The molecular formula is C17H35NO3. The number of carbonyl (C=O) groups is 1. The summed E-state index contributed by atoms with van der Waals surface area (Å²) in [6, 6.07) is -0.119. The number of rotatable bonds is 14. The predicted molar refractivity (Wildman–Crippen MR) is 87.3 cm³/mol. The van der Waals surface area contributed by atoms with E-state index >= 15 is 0 Å². The fourth-order valence-corrected chi connectivity index (χ4v) is 2.49. The van der Waals surface area contributed by atoms with Crippen molar-refractivity contribution in [3.63, 3.8) is 0 Å². The number of carbonyl (C=O) groups excluding carboxylic acids is 1. The highest BCUT2D eigenvalue weighted by atomic mass is 16.7. The Bertz CT molecular complexity index is 242. The van der Waals surface area contributed by atoms with E-state index in [1.165, 1.54) is 44.9 Å². The number of unbranched alkanes of at least 4 members (excludes halogenated alkanes) is 8. The summed E-state index contributed by atoms with van der Waals surface area (Å²) < 4.78 is 10.2. The highest BCUT2D eigenvalue weighted by Crippen LogP contribution is 2.10. The summed E-state index contributed by atoms with van der Waals surface area (Å²) in [7, 11) is 3.16. The van der Waals surface area contributed by atoms with E-state index in [-0.39, 0.29) is 18.2 Å². The zero-order valence-corrected chi connectivity index (χ0v) is 14.5. The van der Waals surface area contributed by atoms with Crippen molar-refractivity contribution in [2.75, 3.05) is 14.2 Å². The average Bonchev–Trinajstić information content (AvgIpc) is 2.46.